The summed E-state index contributed by atoms with van der Waals surface area (Å²) in [6.07, 6.45) is 2.63. The van der Waals surface area contributed by atoms with Crippen LogP contribution in [0.1, 0.15) is 61.1 Å². The molecule has 0 saturated heterocycles. The summed E-state index contributed by atoms with van der Waals surface area (Å²) in [6.45, 7) is 19.3. The highest BCUT2D eigenvalue weighted by molar-refractivity contribution is 6.82. The van der Waals surface area contributed by atoms with Crippen LogP contribution >= 0.6 is 0 Å². The summed E-state index contributed by atoms with van der Waals surface area (Å²) < 4.78 is 0. The topological polar surface area (TPSA) is 0 Å². The molecule has 150 valence electrons. The van der Waals surface area contributed by atoms with E-state index in [0.29, 0.717) is 11.1 Å². The van der Waals surface area contributed by atoms with Gasteiger partial charge in [0.15, 0.2) is 0 Å². The third-order valence-electron chi connectivity index (χ3n) is 7.83. The third-order valence-corrected chi connectivity index (χ3v) is 12.2. The molecule has 0 N–H and O–H groups in total. The molecule has 1 heteroatoms. The summed E-state index contributed by atoms with van der Waals surface area (Å²) in [7, 11) is -1.72. The van der Waals surface area contributed by atoms with Gasteiger partial charge in [-0.25, -0.2) is 0 Å². The van der Waals surface area contributed by atoms with Crippen LogP contribution in [0.3, 0.4) is 0 Å². The molecule has 1 unspecified atom stereocenters. The molecule has 0 nitrogen and oxygen atoms in total. The number of aryl methyl sites for hydroxylation is 2. The number of rotatable bonds is 3. The van der Waals surface area contributed by atoms with Crippen LogP contribution in [0.4, 0.5) is 0 Å². The van der Waals surface area contributed by atoms with E-state index in [9.17, 15) is 0 Å². The van der Waals surface area contributed by atoms with Crippen molar-refractivity contribution < 1.29 is 0 Å². The number of hydrogen-bond acceptors (Lipinski definition) is 0. The molecule has 0 saturated carbocycles. The number of fused-ring (bicyclic) bond motifs is 1. The van der Waals surface area contributed by atoms with Crippen LogP contribution in [-0.2, 0) is 0 Å². The van der Waals surface area contributed by atoms with Gasteiger partial charge in [0, 0.05) is 0 Å². The van der Waals surface area contributed by atoms with E-state index in [1.165, 1.54) is 39.0 Å². The van der Waals surface area contributed by atoms with Gasteiger partial charge in [-0.05, 0) is 97.2 Å². The molecule has 2 aromatic rings. The Bertz CT molecular complexity index is 1050. The molecule has 2 aliphatic carbocycles. The van der Waals surface area contributed by atoms with Crippen molar-refractivity contribution in [1.29, 1.82) is 0 Å². The van der Waals surface area contributed by atoms with Crippen molar-refractivity contribution in [2.24, 2.45) is 0 Å². The number of hydrogen-bond donors (Lipinski definition) is 0. The standard InChI is InChI=1S/C28H34Si/c1-17-14-15-18(2)27-25(16-24(26(17)27)23-12-10-9-11-13-23)29(7,8)28-21(5)19(3)20(4)22(28)6/h9-16,25,28H,1-8H3. The summed E-state index contributed by atoms with van der Waals surface area (Å²) in [5.41, 5.74) is 16.2. The zero-order valence-electron chi connectivity index (χ0n) is 19.3. The van der Waals surface area contributed by atoms with Crippen molar-refractivity contribution >= 4 is 13.6 Å². The summed E-state index contributed by atoms with van der Waals surface area (Å²) in [5.74, 6) is 0. The lowest BCUT2D eigenvalue weighted by Gasteiger charge is -2.38. The quantitative estimate of drug-likeness (QED) is 0.458. The van der Waals surface area contributed by atoms with Crippen molar-refractivity contribution in [2.45, 2.75) is 65.7 Å². The molecule has 2 aromatic carbocycles. The lowest BCUT2D eigenvalue weighted by molar-refractivity contribution is 0.994. The van der Waals surface area contributed by atoms with Crippen molar-refractivity contribution in [2.75, 3.05) is 0 Å². The van der Waals surface area contributed by atoms with Crippen LogP contribution in [0, 0.1) is 13.8 Å². The summed E-state index contributed by atoms with van der Waals surface area (Å²) >= 11 is 0. The van der Waals surface area contributed by atoms with Crippen molar-refractivity contribution in [3.63, 3.8) is 0 Å². The molecule has 0 bridgehead atoms. The predicted octanol–water partition coefficient (Wildman–Crippen LogP) is 8.14. The van der Waals surface area contributed by atoms with Crippen molar-refractivity contribution in [1.82, 2.24) is 0 Å². The van der Waals surface area contributed by atoms with Gasteiger partial charge in [0.05, 0.1) is 8.07 Å². The maximum atomic E-state index is 2.63. The van der Waals surface area contributed by atoms with E-state index in [2.05, 4.69) is 103 Å². The molecule has 0 fully saturated rings. The van der Waals surface area contributed by atoms with E-state index < -0.39 is 8.07 Å². The first-order chi connectivity index (χ1) is 13.7. The highest BCUT2D eigenvalue weighted by Gasteiger charge is 2.46. The third kappa shape index (κ3) is 2.94. The fourth-order valence-corrected chi connectivity index (χ4v) is 10.8. The van der Waals surface area contributed by atoms with Gasteiger partial charge in [-0.15, -0.1) is 0 Å². The van der Waals surface area contributed by atoms with Gasteiger partial charge in [-0.2, -0.15) is 0 Å². The van der Waals surface area contributed by atoms with Crippen LogP contribution in [0.15, 0.2) is 70.8 Å². The molecule has 29 heavy (non-hydrogen) atoms. The second kappa shape index (κ2) is 6.99. The van der Waals surface area contributed by atoms with Gasteiger partial charge in [0.25, 0.3) is 0 Å². The minimum absolute atomic E-state index is 0.543. The molecule has 0 aliphatic heterocycles. The average Bonchev–Trinajstić information content (AvgIpc) is 3.20. The molecule has 0 amide bonds. The monoisotopic (exact) mass is 398 g/mol. The van der Waals surface area contributed by atoms with E-state index in [1.807, 2.05) is 0 Å². The van der Waals surface area contributed by atoms with Crippen LogP contribution < -0.4 is 0 Å². The Morgan fingerprint density at radius 3 is 1.83 bits per heavy atom. The Morgan fingerprint density at radius 1 is 0.690 bits per heavy atom. The van der Waals surface area contributed by atoms with Gasteiger partial charge >= 0.3 is 0 Å². The number of benzene rings is 2. The Morgan fingerprint density at radius 2 is 1.24 bits per heavy atom. The molecular formula is C28H34Si. The molecule has 0 radical (unpaired) electrons. The molecule has 2 aliphatic rings. The summed E-state index contributed by atoms with van der Waals surface area (Å²) in [4.78, 5) is 0. The normalized spacial score (nSPS) is 19.9. The van der Waals surface area contributed by atoms with Crippen LogP contribution in [-0.4, -0.2) is 8.07 Å². The second-order valence-electron chi connectivity index (χ2n) is 9.78. The maximum Gasteiger partial charge on any atom is 0.0714 e. The first kappa shape index (κ1) is 20.2. The fourth-order valence-electron chi connectivity index (χ4n) is 6.01. The van der Waals surface area contributed by atoms with Gasteiger partial charge in [-0.1, -0.05) is 72.8 Å². The molecule has 1 atom stereocenters. The first-order valence-electron chi connectivity index (χ1n) is 10.9. The zero-order valence-corrected chi connectivity index (χ0v) is 20.3. The minimum atomic E-state index is -1.72. The molecular weight excluding hydrogens is 364 g/mol. The van der Waals surface area contributed by atoms with Crippen LogP contribution in [0.2, 0.25) is 18.6 Å². The SMILES string of the molecule is CC1=C(C)C([Si](C)(C)C2C=C(c3ccccc3)c3c(C)ccc(C)c32)C(C)=C1C. The Balaban J connectivity index is 1.94. The second-order valence-corrected chi connectivity index (χ2v) is 14.6. The fraction of sp³-hybridized carbons (Fsp3) is 0.357. The van der Waals surface area contributed by atoms with Crippen molar-refractivity contribution in [3.8, 4) is 0 Å². The van der Waals surface area contributed by atoms with Crippen LogP contribution in [0.5, 0.6) is 0 Å². The van der Waals surface area contributed by atoms with Gasteiger partial charge in [-0.3, -0.25) is 0 Å². The lowest BCUT2D eigenvalue weighted by atomic mass is 9.93. The molecule has 4 rings (SSSR count). The zero-order chi connectivity index (χ0) is 21.1. The van der Waals surface area contributed by atoms with Gasteiger partial charge in [0.2, 0.25) is 0 Å². The van der Waals surface area contributed by atoms with E-state index in [1.54, 1.807) is 16.7 Å². The largest absolute Gasteiger partial charge is 0.0714 e. The van der Waals surface area contributed by atoms with Gasteiger partial charge in [0.1, 0.15) is 0 Å². The Hall–Kier alpha value is -2.12. The average molecular weight is 399 g/mol. The maximum absolute atomic E-state index is 2.63. The highest BCUT2D eigenvalue weighted by Crippen LogP contribution is 2.55. The predicted molar refractivity (Wildman–Crippen MR) is 130 cm³/mol. The number of allylic oxidation sites excluding steroid dienone is 5. The van der Waals surface area contributed by atoms with Crippen molar-refractivity contribution in [3.05, 3.63) is 98.7 Å². The smallest absolute Gasteiger partial charge is 0.0712 e. The van der Waals surface area contributed by atoms with E-state index in [0.717, 1.165) is 0 Å². The molecule has 0 spiro atoms. The Kier molecular flexibility index (Phi) is 4.86. The minimum Gasteiger partial charge on any atom is -0.0712 e. The van der Waals surface area contributed by atoms with Crippen LogP contribution in [0.25, 0.3) is 5.57 Å². The Labute approximate surface area is 178 Å². The highest BCUT2D eigenvalue weighted by atomic mass is 28.3. The molecule has 0 heterocycles. The van der Waals surface area contributed by atoms with E-state index >= 15 is 0 Å². The van der Waals surface area contributed by atoms with E-state index in [4.69, 9.17) is 0 Å². The van der Waals surface area contributed by atoms with E-state index in [-0.39, 0.29) is 0 Å². The summed E-state index contributed by atoms with van der Waals surface area (Å²) in [5, 5.41) is 0. The van der Waals surface area contributed by atoms with Gasteiger partial charge < -0.3 is 0 Å². The molecule has 0 aromatic heterocycles. The first-order valence-corrected chi connectivity index (χ1v) is 14.0. The lowest BCUT2D eigenvalue weighted by Crippen LogP contribution is -2.40. The summed E-state index contributed by atoms with van der Waals surface area (Å²) in [6, 6.07) is 15.6.